The van der Waals surface area contributed by atoms with E-state index in [0.29, 0.717) is 11.7 Å². The van der Waals surface area contributed by atoms with Crippen LogP contribution in [0.3, 0.4) is 0 Å². The SMILES string of the molecule is CCNc1ccc(C(=O)N(C)C2CCC(CC)CC2)nc1. The van der Waals surface area contributed by atoms with Crippen LogP contribution in [0.5, 0.6) is 0 Å². The molecule has 1 aliphatic carbocycles. The smallest absolute Gasteiger partial charge is 0.272 e. The molecule has 116 valence electrons. The molecule has 2 rings (SSSR count). The number of aromatic nitrogens is 1. The largest absolute Gasteiger partial charge is 0.384 e. The summed E-state index contributed by atoms with van der Waals surface area (Å²) in [5.74, 6) is 0.889. The van der Waals surface area contributed by atoms with Gasteiger partial charge >= 0.3 is 0 Å². The van der Waals surface area contributed by atoms with Gasteiger partial charge in [-0.25, -0.2) is 4.98 Å². The van der Waals surface area contributed by atoms with Crippen molar-refractivity contribution in [1.29, 1.82) is 0 Å². The highest BCUT2D eigenvalue weighted by Crippen LogP contribution is 2.29. The summed E-state index contributed by atoms with van der Waals surface area (Å²) in [6, 6.07) is 4.11. The van der Waals surface area contributed by atoms with Crippen molar-refractivity contribution in [2.75, 3.05) is 18.9 Å². The molecule has 21 heavy (non-hydrogen) atoms. The number of nitrogens with one attached hydrogen (secondary N) is 1. The first-order valence-corrected chi connectivity index (χ1v) is 8.12. The zero-order valence-electron chi connectivity index (χ0n) is 13.4. The van der Waals surface area contributed by atoms with Crippen LogP contribution in [0.15, 0.2) is 18.3 Å². The predicted molar refractivity (Wildman–Crippen MR) is 86.5 cm³/mol. The highest BCUT2D eigenvalue weighted by molar-refractivity contribution is 5.92. The maximum atomic E-state index is 12.5. The van der Waals surface area contributed by atoms with Gasteiger partial charge in [0.1, 0.15) is 5.69 Å². The van der Waals surface area contributed by atoms with Gasteiger partial charge in [0.2, 0.25) is 0 Å². The number of pyridine rings is 1. The van der Waals surface area contributed by atoms with Gasteiger partial charge in [0, 0.05) is 19.6 Å². The van der Waals surface area contributed by atoms with E-state index in [1.165, 1.54) is 19.3 Å². The van der Waals surface area contributed by atoms with Crippen LogP contribution in [0.1, 0.15) is 56.4 Å². The first-order valence-electron chi connectivity index (χ1n) is 8.12. The lowest BCUT2D eigenvalue weighted by molar-refractivity contribution is 0.0669. The number of hydrogen-bond donors (Lipinski definition) is 1. The average molecular weight is 289 g/mol. The van der Waals surface area contributed by atoms with E-state index in [4.69, 9.17) is 0 Å². The highest BCUT2D eigenvalue weighted by Gasteiger charge is 2.26. The Morgan fingerprint density at radius 1 is 1.29 bits per heavy atom. The Kier molecular flexibility index (Phi) is 5.59. The molecule has 0 radical (unpaired) electrons. The van der Waals surface area contributed by atoms with Crippen LogP contribution in [0, 0.1) is 5.92 Å². The Labute approximate surface area is 127 Å². The molecule has 1 amide bonds. The zero-order valence-corrected chi connectivity index (χ0v) is 13.4. The molecule has 1 aromatic rings. The molecular weight excluding hydrogens is 262 g/mol. The summed E-state index contributed by atoms with van der Waals surface area (Å²) in [7, 11) is 1.92. The molecule has 0 aliphatic heterocycles. The van der Waals surface area contributed by atoms with E-state index in [0.717, 1.165) is 31.0 Å². The van der Waals surface area contributed by atoms with Gasteiger partial charge in [-0.1, -0.05) is 13.3 Å². The van der Waals surface area contributed by atoms with Crippen molar-refractivity contribution >= 4 is 11.6 Å². The second-order valence-corrected chi connectivity index (χ2v) is 5.96. The molecule has 1 N–H and O–H groups in total. The molecule has 0 spiro atoms. The minimum atomic E-state index is 0.0398. The number of anilines is 1. The van der Waals surface area contributed by atoms with Crippen molar-refractivity contribution < 1.29 is 4.79 Å². The molecule has 0 atom stereocenters. The number of nitrogens with zero attached hydrogens (tertiary/aromatic N) is 2. The Balaban J connectivity index is 1.95. The minimum Gasteiger partial charge on any atom is -0.384 e. The third-order valence-electron chi connectivity index (χ3n) is 4.63. The third-order valence-corrected chi connectivity index (χ3v) is 4.63. The van der Waals surface area contributed by atoms with Gasteiger partial charge in [0.25, 0.3) is 5.91 Å². The van der Waals surface area contributed by atoms with Crippen LogP contribution >= 0.6 is 0 Å². The number of rotatable bonds is 5. The minimum absolute atomic E-state index is 0.0398. The van der Waals surface area contributed by atoms with Crippen molar-refractivity contribution in [3.63, 3.8) is 0 Å². The molecule has 1 saturated carbocycles. The lowest BCUT2D eigenvalue weighted by Gasteiger charge is -2.34. The molecule has 1 fully saturated rings. The van der Waals surface area contributed by atoms with Crippen LogP contribution in [0.25, 0.3) is 0 Å². The third kappa shape index (κ3) is 3.96. The summed E-state index contributed by atoms with van der Waals surface area (Å²) < 4.78 is 0. The monoisotopic (exact) mass is 289 g/mol. The van der Waals surface area contributed by atoms with Crippen molar-refractivity contribution in [3.8, 4) is 0 Å². The molecule has 0 saturated heterocycles. The highest BCUT2D eigenvalue weighted by atomic mass is 16.2. The Hall–Kier alpha value is -1.58. The van der Waals surface area contributed by atoms with Gasteiger partial charge in [-0.05, 0) is 50.7 Å². The number of amides is 1. The predicted octanol–water partition coefficient (Wildman–Crippen LogP) is 3.55. The molecule has 4 nitrogen and oxygen atoms in total. The fraction of sp³-hybridized carbons (Fsp3) is 0.647. The molecule has 1 aromatic heterocycles. The van der Waals surface area contributed by atoms with Crippen molar-refractivity contribution in [2.45, 2.75) is 52.0 Å². The van der Waals surface area contributed by atoms with Gasteiger partial charge in [-0.2, -0.15) is 0 Å². The maximum absolute atomic E-state index is 12.5. The molecule has 0 unspecified atom stereocenters. The molecule has 0 bridgehead atoms. The summed E-state index contributed by atoms with van der Waals surface area (Å²) in [6.45, 7) is 5.16. The van der Waals surface area contributed by atoms with Crippen LogP contribution in [-0.4, -0.2) is 35.4 Å². The quantitative estimate of drug-likeness (QED) is 0.901. The van der Waals surface area contributed by atoms with Crippen LogP contribution < -0.4 is 5.32 Å². The average Bonchev–Trinajstić information content (AvgIpc) is 2.54. The molecule has 4 heteroatoms. The lowest BCUT2D eigenvalue weighted by atomic mass is 9.84. The van der Waals surface area contributed by atoms with Gasteiger partial charge in [-0.3, -0.25) is 4.79 Å². The number of hydrogen-bond acceptors (Lipinski definition) is 3. The summed E-state index contributed by atoms with van der Waals surface area (Å²) in [6.07, 6.45) is 7.72. The van der Waals surface area contributed by atoms with E-state index < -0.39 is 0 Å². The number of carbonyl (C=O) groups excluding carboxylic acids is 1. The standard InChI is InChI=1S/C17H27N3O/c1-4-13-6-9-15(10-7-13)20(3)17(21)16-11-8-14(12-19-16)18-5-2/h8,11-13,15,18H,4-7,9-10H2,1-3H3. The summed E-state index contributed by atoms with van der Waals surface area (Å²) >= 11 is 0. The molecule has 1 heterocycles. The van der Waals surface area contributed by atoms with E-state index in [1.54, 1.807) is 6.20 Å². The van der Waals surface area contributed by atoms with E-state index in [-0.39, 0.29) is 5.91 Å². The molecular formula is C17H27N3O. The Morgan fingerprint density at radius 2 is 2.00 bits per heavy atom. The Morgan fingerprint density at radius 3 is 2.52 bits per heavy atom. The molecule has 1 aliphatic rings. The topological polar surface area (TPSA) is 45.2 Å². The van der Waals surface area contributed by atoms with E-state index in [2.05, 4.69) is 17.2 Å². The van der Waals surface area contributed by atoms with Crippen molar-refractivity contribution in [1.82, 2.24) is 9.88 Å². The first-order chi connectivity index (χ1) is 10.2. The number of carbonyl (C=O) groups is 1. The fourth-order valence-electron chi connectivity index (χ4n) is 3.12. The summed E-state index contributed by atoms with van der Waals surface area (Å²) in [5, 5.41) is 3.19. The maximum Gasteiger partial charge on any atom is 0.272 e. The van der Waals surface area contributed by atoms with E-state index in [1.807, 2.05) is 31.0 Å². The van der Waals surface area contributed by atoms with Crippen molar-refractivity contribution in [3.05, 3.63) is 24.0 Å². The van der Waals surface area contributed by atoms with E-state index in [9.17, 15) is 4.79 Å². The summed E-state index contributed by atoms with van der Waals surface area (Å²) in [5.41, 5.74) is 1.50. The van der Waals surface area contributed by atoms with Crippen LogP contribution in [0.2, 0.25) is 0 Å². The van der Waals surface area contributed by atoms with Crippen molar-refractivity contribution in [2.24, 2.45) is 5.92 Å². The van der Waals surface area contributed by atoms with Crippen LogP contribution in [0.4, 0.5) is 5.69 Å². The van der Waals surface area contributed by atoms with Gasteiger partial charge in [0.15, 0.2) is 0 Å². The second kappa shape index (κ2) is 7.43. The van der Waals surface area contributed by atoms with Gasteiger partial charge in [-0.15, -0.1) is 0 Å². The molecule has 0 aromatic carbocycles. The second-order valence-electron chi connectivity index (χ2n) is 5.96. The van der Waals surface area contributed by atoms with Crippen LogP contribution in [-0.2, 0) is 0 Å². The lowest BCUT2D eigenvalue weighted by Crippen LogP contribution is -2.39. The van der Waals surface area contributed by atoms with E-state index >= 15 is 0 Å². The van der Waals surface area contributed by atoms with Gasteiger partial charge in [0.05, 0.1) is 11.9 Å². The van der Waals surface area contributed by atoms with Gasteiger partial charge < -0.3 is 10.2 Å². The summed E-state index contributed by atoms with van der Waals surface area (Å²) in [4.78, 5) is 18.7. The fourth-order valence-corrected chi connectivity index (χ4v) is 3.12. The Bertz CT molecular complexity index is 450. The normalized spacial score (nSPS) is 21.9. The first kappa shape index (κ1) is 15.8. The zero-order chi connectivity index (χ0) is 15.2.